The van der Waals surface area contributed by atoms with Crippen molar-refractivity contribution in [1.29, 1.82) is 0 Å². The number of halogens is 1. The minimum atomic E-state index is 0.753. The van der Waals surface area contributed by atoms with Gasteiger partial charge in [-0.2, -0.15) is 0 Å². The normalized spacial score (nSPS) is 11.4. The fraction of sp³-hybridized carbons (Fsp3) is 0.688. The molecule has 0 radical (unpaired) electrons. The van der Waals surface area contributed by atoms with Crippen molar-refractivity contribution >= 4 is 17.4 Å². The van der Waals surface area contributed by atoms with Crippen molar-refractivity contribution in [2.75, 3.05) is 45.6 Å². The smallest absolute Gasteiger partial charge is 0.126 e. The largest absolute Gasteiger partial charge is 0.370 e. The van der Waals surface area contributed by atoms with Gasteiger partial charge in [-0.25, -0.2) is 4.98 Å². The highest BCUT2D eigenvalue weighted by atomic mass is 35.5. The van der Waals surface area contributed by atoms with Gasteiger partial charge in [0.25, 0.3) is 0 Å². The molecule has 0 aliphatic rings. The first-order valence-corrected chi connectivity index (χ1v) is 8.21. The van der Waals surface area contributed by atoms with E-state index in [1.807, 2.05) is 12.1 Å². The number of nitrogens with zero attached hydrogens (tertiary/aromatic N) is 3. The summed E-state index contributed by atoms with van der Waals surface area (Å²) in [5.74, 6) is 0.917. The molecule has 0 saturated carbocycles. The highest BCUT2D eigenvalue weighted by Gasteiger charge is 2.09. The van der Waals surface area contributed by atoms with Gasteiger partial charge >= 0.3 is 0 Å². The molecule has 120 valence electrons. The molecule has 1 aromatic heterocycles. The number of pyridine rings is 1. The third kappa shape index (κ3) is 7.11. The molecule has 0 amide bonds. The summed E-state index contributed by atoms with van der Waals surface area (Å²) in [6.45, 7) is 9.27. The van der Waals surface area contributed by atoms with Gasteiger partial charge in [0.05, 0.1) is 10.7 Å². The van der Waals surface area contributed by atoms with E-state index in [0.717, 1.165) is 62.1 Å². The zero-order valence-electron chi connectivity index (χ0n) is 13.8. The first-order chi connectivity index (χ1) is 10.1. The van der Waals surface area contributed by atoms with Crippen molar-refractivity contribution in [3.8, 4) is 0 Å². The Labute approximate surface area is 134 Å². The van der Waals surface area contributed by atoms with E-state index >= 15 is 0 Å². The summed E-state index contributed by atoms with van der Waals surface area (Å²) in [6.07, 6.45) is 2.25. The molecule has 21 heavy (non-hydrogen) atoms. The molecule has 0 fully saturated rings. The Kier molecular flexibility index (Phi) is 8.66. The fourth-order valence-corrected chi connectivity index (χ4v) is 2.28. The summed E-state index contributed by atoms with van der Waals surface area (Å²) in [6, 6.07) is 3.89. The molecule has 1 heterocycles. The molecule has 0 bridgehead atoms. The predicted molar refractivity (Wildman–Crippen MR) is 92.1 cm³/mol. The second-order valence-electron chi connectivity index (χ2n) is 5.58. The first-order valence-electron chi connectivity index (χ1n) is 7.83. The van der Waals surface area contributed by atoms with Gasteiger partial charge in [-0.15, -0.1) is 0 Å². The van der Waals surface area contributed by atoms with Gasteiger partial charge in [0, 0.05) is 13.1 Å². The summed E-state index contributed by atoms with van der Waals surface area (Å²) in [5, 5.41) is 4.07. The summed E-state index contributed by atoms with van der Waals surface area (Å²) in [5.41, 5.74) is 0.962. The molecule has 0 aliphatic carbocycles. The second kappa shape index (κ2) is 9.98. The molecule has 0 aliphatic heterocycles. The Morgan fingerprint density at radius 2 is 1.95 bits per heavy atom. The van der Waals surface area contributed by atoms with E-state index < -0.39 is 0 Å². The third-order valence-corrected chi connectivity index (χ3v) is 3.72. The summed E-state index contributed by atoms with van der Waals surface area (Å²) in [7, 11) is 4.22. The summed E-state index contributed by atoms with van der Waals surface area (Å²) >= 11 is 6.29. The molecule has 5 heteroatoms. The Morgan fingerprint density at radius 1 is 1.19 bits per heavy atom. The van der Waals surface area contributed by atoms with Crippen molar-refractivity contribution in [3.05, 3.63) is 22.8 Å². The van der Waals surface area contributed by atoms with Crippen LogP contribution in [0.5, 0.6) is 0 Å². The van der Waals surface area contributed by atoms with Crippen molar-refractivity contribution in [2.45, 2.75) is 33.2 Å². The van der Waals surface area contributed by atoms with E-state index in [-0.39, 0.29) is 0 Å². The van der Waals surface area contributed by atoms with Gasteiger partial charge in [-0.1, -0.05) is 25.4 Å². The molecule has 0 atom stereocenters. The van der Waals surface area contributed by atoms with Gasteiger partial charge in [0.15, 0.2) is 0 Å². The van der Waals surface area contributed by atoms with Crippen LogP contribution in [0.4, 0.5) is 5.82 Å². The van der Waals surface area contributed by atoms with Crippen LogP contribution in [0.2, 0.25) is 5.02 Å². The lowest BCUT2D eigenvalue weighted by Gasteiger charge is -2.21. The summed E-state index contributed by atoms with van der Waals surface area (Å²) < 4.78 is 0. The predicted octanol–water partition coefficient (Wildman–Crippen LogP) is 3.33. The minimum Gasteiger partial charge on any atom is -0.370 e. The zero-order chi connectivity index (χ0) is 15.7. The van der Waals surface area contributed by atoms with Crippen molar-refractivity contribution in [1.82, 2.24) is 14.8 Å². The highest BCUT2D eigenvalue weighted by Crippen LogP contribution is 2.18. The van der Waals surface area contributed by atoms with E-state index in [0.29, 0.717) is 0 Å². The second-order valence-corrected chi connectivity index (χ2v) is 5.98. The van der Waals surface area contributed by atoms with Crippen LogP contribution < -0.4 is 5.32 Å². The monoisotopic (exact) mass is 312 g/mol. The minimum absolute atomic E-state index is 0.753. The zero-order valence-corrected chi connectivity index (χ0v) is 14.6. The molecule has 1 rings (SSSR count). The molecule has 0 unspecified atom stereocenters. The van der Waals surface area contributed by atoms with Gasteiger partial charge in [0.1, 0.15) is 5.82 Å². The van der Waals surface area contributed by atoms with Crippen LogP contribution in [0.1, 0.15) is 32.4 Å². The lowest BCUT2D eigenvalue weighted by Crippen LogP contribution is -2.27. The molecule has 1 N–H and O–H groups in total. The maximum atomic E-state index is 6.29. The average Bonchev–Trinajstić information content (AvgIpc) is 2.46. The maximum Gasteiger partial charge on any atom is 0.126 e. The number of aromatic nitrogens is 1. The van der Waals surface area contributed by atoms with Gasteiger partial charge in [-0.05, 0) is 58.7 Å². The highest BCUT2D eigenvalue weighted by molar-refractivity contribution is 6.31. The van der Waals surface area contributed by atoms with Gasteiger partial charge in [-0.3, -0.25) is 4.90 Å². The van der Waals surface area contributed by atoms with Crippen molar-refractivity contribution in [2.24, 2.45) is 0 Å². The van der Waals surface area contributed by atoms with Crippen LogP contribution in [0.3, 0.4) is 0 Å². The van der Waals surface area contributed by atoms with E-state index in [1.165, 1.54) is 0 Å². The average molecular weight is 313 g/mol. The first kappa shape index (κ1) is 18.2. The van der Waals surface area contributed by atoms with Gasteiger partial charge < -0.3 is 10.2 Å². The summed E-state index contributed by atoms with van der Waals surface area (Å²) in [4.78, 5) is 9.25. The number of rotatable bonds is 10. The topological polar surface area (TPSA) is 31.4 Å². The van der Waals surface area contributed by atoms with E-state index in [4.69, 9.17) is 11.6 Å². The van der Waals surface area contributed by atoms with E-state index in [1.54, 1.807) is 0 Å². The van der Waals surface area contributed by atoms with Crippen LogP contribution in [0, 0.1) is 0 Å². The van der Waals surface area contributed by atoms with Crippen LogP contribution >= 0.6 is 11.6 Å². The SMILES string of the molecule is CCCNc1ccc(Cl)c(CN(CC)CCCN(C)C)n1. The molecule has 1 aromatic rings. The Hall–Kier alpha value is -0.840. The number of anilines is 1. The lowest BCUT2D eigenvalue weighted by atomic mass is 10.3. The van der Waals surface area contributed by atoms with E-state index in [9.17, 15) is 0 Å². The number of nitrogens with one attached hydrogen (secondary N) is 1. The Bertz CT molecular complexity index is 409. The fourth-order valence-electron chi connectivity index (χ4n) is 2.12. The van der Waals surface area contributed by atoms with E-state index in [2.05, 4.69) is 48.0 Å². The molecular weight excluding hydrogens is 284 g/mol. The lowest BCUT2D eigenvalue weighted by molar-refractivity contribution is 0.257. The van der Waals surface area contributed by atoms with Crippen LogP contribution in [-0.2, 0) is 6.54 Å². The quantitative estimate of drug-likeness (QED) is 0.718. The van der Waals surface area contributed by atoms with Crippen molar-refractivity contribution in [3.63, 3.8) is 0 Å². The molecule has 0 saturated heterocycles. The van der Waals surface area contributed by atoms with Crippen LogP contribution in [0.15, 0.2) is 12.1 Å². The van der Waals surface area contributed by atoms with Crippen molar-refractivity contribution < 1.29 is 0 Å². The number of hydrogen-bond donors (Lipinski definition) is 1. The number of hydrogen-bond acceptors (Lipinski definition) is 4. The standard InChI is InChI=1S/C16H29ClN4/c1-5-10-18-16-9-8-14(17)15(19-16)13-21(6-2)12-7-11-20(3)4/h8-9H,5-7,10-13H2,1-4H3,(H,18,19). The Morgan fingerprint density at radius 3 is 2.57 bits per heavy atom. The maximum absolute atomic E-state index is 6.29. The van der Waals surface area contributed by atoms with Crippen LogP contribution in [0.25, 0.3) is 0 Å². The van der Waals surface area contributed by atoms with Crippen LogP contribution in [-0.4, -0.2) is 55.1 Å². The molecular formula is C16H29ClN4. The Balaban J connectivity index is 2.61. The molecule has 0 spiro atoms. The molecule has 4 nitrogen and oxygen atoms in total. The molecule has 0 aromatic carbocycles. The third-order valence-electron chi connectivity index (χ3n) is 3.38. The van der Waals surface area contributed by atoms with Gasteiger partial charge in [0.2, 0.25) is 0 Å².